The van der Waals surface area contributed by atoms with Crippen LogP contribution in [0.2, 0.25) is 0 Å². The summed E-state index contributed by atoms with van der Waals surface area (Å²) in [7, 11) is 0. The molecule has 2 aromatic heterocycles. The molecule has 1 amide bonds. The van der Waals surface area contributed by atoms with Crippen LogP contribution in [0.15, 0.2) is 11.4 Å². The number of hydrogen-bond donors (Lipinski definition) is 0. The van der Waals surface area contributed by atoms with Crippen LogP contribution in [0.3, 0.4) is 0 Å². The second kappa shape index (κ2) is 6.93. The van der Waals surface area contributed by atoms with Crippen LogP contribution in [-0.2, 0) is 17.8 Å². The van der Waals surface area contributed by atoms with Crippen molar-refractivity contribution in [3.05, 3.63) is 27.7 Å². The third kappa shape index (κ3) is 3.39. The van der Waals surface area contributed by atoms with Gasteiger partial charge in [-0.25, -0.2) is 4.98 Å². The Morgan fingerprint density at radius 1 is 1.19 bits per heavy atom. The highest BCUT2D eigenvalue weighted by Crippen LogP contribution is 2.40. The first kappa shape index (κ1) is 16.7. The summed E-state index contributed by atoms with van der Waals surface area (Å²) >= 11 is 3.37. The average molecular weight is 389 g/mol. The van der Waals surface area contributed by atoms with Gasteiger partial charge in [-0.15, -0.1) is 11.3 Å². The van der Waals surface area contributed by atoms with E-state index in [2.05, 4.69) is 25.6 Å². The van der Waals surface area contributed by atoms with E-state index < -0.39 is 0 Å². The molecule has 3 aliphatic rings. The van der Waals surface area contributed by atoms with E-state index in [-0.39, 0.29) is 0 Å². The number of thiophene rings is 1. The molecule has 1 aliphatic carbocycles. The number of aromatic nitrogens is 2. The Hall–Kier alpha value is -1.47. The van der Waals surface area contributed by atoms with Gasteiger partial charge in [0.25, 0.3) is 0 Å². The van der Waals surface area contributed by atoms with E-state index in [1.54, 1.807) is 11.5 Å². The monoisotopic (exact) mass is 388 g/mol. The minimum atomic E-state index is 0.340. The predicted octanol–water partition coefficient (Wildman–Crippen LogP) is 3.67. The summed E-state index contributed by atoms with van der Waals surface area (Å²) in [5, 5.41) is 3.23. The van der Waals surface area contributed by atoms with Gasteiger partial charge in [-0.2, -0.15) is 4.37 Å². The Kier molecular flexibility index (Phi) is 4.44. The first-order valence-corrected chi connectivity index (χ1v) is 11.3. The molecule has 0 atom stereocenters. The molecule has 1 saturated heterocycles. The molecular formula is C19H24N4OS2. The first-order valence-electron chi connectivity index (χ1n) is 9.68. The van der Waals surface area contributed by atoms with E-state index in [1.165, 1.54) is 23.3 Å². The third-order valence-electron chi connectivity index (χ3n) is 5.88. The molecule has 0 radical (unpaired) electrons. The van der Waals surface area contributed by atoms with Gasteiger partial charge in [0.05, 0.1) is 0 Å². The molecule has 26 heavy (non-hydrogen) atoms. The van der Waals surface area contributed by atoms with Crippen molar-refractivity contribution in [1.29, 1.82) is 0 Å². The van der Waals surface area contributed by atoms with Crippen molar-refractivity contribution < 1.29 is 4.79 Å². The maximum Gasteiger partial charge on any atom is 0.223 e. The van der Waals surface area contributed by atoms with E-state index in [9.17, 15) is 4.79 Å². The van der Waals surface area contributed by atoms with E-state index in [4.69, 9.17) is 4.98 Å². The number of carbonyl (C=O) groups is 1. The summed E-state index contributed by atoms with van der Waals surface area (Å²) in [5.74, 6) is 2.54. The van der Waals surface area contributed by atoms with Gasteiger partial charge in [-0.05, 0) is 55.0 Å². The van der Waals surface area contributed by atoms with Gasteiger partial charge in [0.1, 0.15) is 5.82 Å². The maximum atomic E-state index is 12.7. The lowest BCUT2D eigenvalue weighted by molar-refractivity contribution is -0.133. The van der Waals surface area contributed by atoms with E-state index in [1.807, 2.05) is 11.3 Å². The van der Waals surface area contributed by atoms with Gasteiger partial charge in [-0.3, -0.25) is 4.79 Å². The number of carbonyl (C=O) groups excluding carboxylic acids is 1. The zero-order valence-electron chi connectivity index (χ0n) is 14.9. The Bertz CT molecular complexity index is 789. The van der Waals surface area contributed by atoms with Crippen molar-refractivity contribution in [3.63, 3.8) is 0 Å². The molecule has 4 heterocycles. The third-order valence-corrected chi connectivity index (χ3v) is 7.70. The highest BCUT2D eigenvalue weighted by Gasteiger charge is 2.30. The summed E-state index contributed by atoms with van der Waals surface area (Å²) in [6.45, 7) is 3.71. The number of amides is 1. The highest BCUT2D eigenvalue weighted by molar-refractivity contribution is 7.10. The second-order valence-electron chi connectivity index (χ2n) is 7.78. The molecule has 0 spiro atoms. The second-order valence-corrected chi connectivity index (χ2v) is 9.51. The minimum absolute atomic E-state index is 0.340. The van der Waals surface area contributed by atoms with Gasteiger partial charge >= 0.3 is 0 Å². The largest absolute Gasteiger partial charge is 0.347 e. The average Bonchev–Trinajstić information content (AvgIpc) is 3.21. The topological polar surface area (TPSA) is 49.3 Å². The van der Waals surface area contributed by atoms with Crippen molar-refractivity contribution in [1.82, 2.24) is 14.3 Å². The van der Waals surface area contributed by atoms with Crippen molar-refractivity contribution in [3.8, 4) is 0 Å². The summed E-state index contributed by atoms with van der Waals surface area (Å²) in [4.78, 5) is 23.4. The maximum absolute atomic E-state index is 12.7. The van der Waals surface area contributed by atoms with Crippen molar-refractivity contribution in [2.75, 3.05) is 24.5 Å². The van der Waals surface area contributed by atoms with Crippen LogP contribution in [0.4, 0.5) is 5.13 Å². The molecule has 5 nitrogen and oxygen atoms in total. The molecule has 7 heteroatoms. The van der Waals surface area contributed by atoms with E-state index >= 15 is 0 Å². The van der Waals surface area contributed by atoms with Crippen LogP contribution in [0.25, 0.3) is 0 Å². The standard InChI is InChI=1S/C19H24N4OS2/c24-17(23-9-5-16-15(12-23)6-10-25-16)11-13-3-7-22(8-4-13)19-20-18(21-26-19)14-1-2-14/h6,10,13-14H,1-5,7-9,11-12H2. The fraction of sp³-hybridized carbons (Fsp3) is 0.632. The smallest absolute Gasteiger partial charge is 0.223 e. The van der Waals surface area contributed by atoms with Crippen LogP contribution >= 0.6 is 22.9 Å². The van der Waals surface area contributed by atoms with Crippen molar-refractivity contribution >= 4 is 33.9 Å². The molecule has 2 aliphatic heterocycles. The molecule has 0 aromatic carbocycles. The Morgan fingerprint density at radius 2 is 2.04 bits per heavy atom. The lowest BCUT2D eigenvalue weighted by atomic mass is 9.93. The van der Waals surface area contributed by atoms with Crippen LogP contribution in [0.5, 0.6) is 0 Å². The fourth-order valence-electron chi connectivity index (χ4n) is 4.03. The number of rotatable bonds is 4. The number of nitrogens with zero attached hydrogens (tertiary/aromatic N) is 4. The molecule has 0 unspecified atom stereocenters. The fourth-order valence-corrected chi connectivity index (χ4v) is 5.72. The lowest BCUT2D eigenvalue weighted by Gasteiger charge is -2.33. The van der Waals surface area contributed by atoms with Crippen molar-refractivity contribution in [2.24, 2.45) is 5.92 Å². The zero-order valence-corrected chi connectivity index (χ0v) is 16.5. The Morgan fingerprint density at radius 3 is 2.85 bits per heavy atom. The van der Waals surface area contributed by atoms with Crippen LogP contribution < -0.4 is 4.90 Å². The van der Waals surface area contributed by atoms with Gasteiger partial charge in [0, 0.05) is 54.9 Å². The quantitative estimate of drug-likeness (QED) is 0.802. The molecule has 2 aromatic rings. The molecule has 1 saturated carbocycles. The number of piperidine rings is 1. The molecule has 5 rings (SSSR count). The van der Waals surface area contributed by atoms with Crippen molar-refractivity contribution in [2.45, 2.75) is 51.0 Å². The highest BCUT2D eigenvalue weighted by atomic mass is 32.1. The normalized spacial score (nSPS) is 21.1. The van der Waals surface area contributed by atoms with E-state index in [0.717, 1.165) is 56.4 Å². The predicted molar refractivity (Wildman–Crippen MR) is 105 cm³/mol. The van der Waals surface area contributed by atoms with Crippen LogP contribution in [0.1, 0.15) is 54.3 Å². The minimum Gasteiger partial charge on any atom is -0.347 e. The summed E-state index contributed by atoms with van der Waals surface area (Å²) in [6.07, 6.45) is 6.41. The number of anilines is 1. The Balaban J connectivity index is 1.13. The van der Waals surface area contributed by atoms with Gasteiger partial charge in [0.15, 0.2) is 0 Å². The number of hydrogen-bond acceptors (Lipinski definition) is 6. The lowest BCUT2D eigenvalue weighted by Crippen LogP contribution is -2.39. The molecule has 2 fully saturated rings. The van der Waals surface area contributed by atoms with Gasteiger partial charge in [-0.1, -0.05) is 0 Å². The van der Waals surface area contributed by atoms with Gasteiger partial charge < -0.3 is 9.80 Å². The molecule has 0 bridgehead atoms. The van der Waals surface area contributed by atoms with Gasteiger partial charge in [0.2, 0.25) is 11.0 Å². The SMILES string of the molecule is O=C(CC1CCN(c2nc(C3CC3)ns2)CC1)N1CCc2sccc2C1. The number of fused-ring (bicyclic) bond motifs is 1. The van der Waals surface area contributed by atoms with E-state index in [0.29, 0.717) is 24.2 Å². The summed E-state index contributed by atoms with van der Waals surface area (Å²) in [6, 6.07) is 2.18. The van der Waals surface area contributed by atoms with Crippen LogP contribution in [-0.4, -0.2) is 39.8 Å². The molecule has 0 N–H and O–H groups in total. The summed E-state index contributed by atoms with van der Waals surface area (Å²) < 4.78 is 4.52. The first-order chi connectivity index (χ1) is 12.8. The van der Waals surface area contributed by atoms with Crippen LogP contribution in [0, 0.1) is 5.92 Å². The Labute approximate surface area is 162 Å². The molecular weight excluding hydrogens is 364 g/mol. The summed E-state index contributed by atoms with van der Waals surface area (Å²) in [5.41, 5.74) is 1.35. The zero-order chi connectivity index (χ0) is 17.5. The molecule has 138 valence electrons.